The largest absolute Gasteiger partial charge is 0.508 e. The molecule has 1 aromatic rings. The number of hydrogen-bond donors (Lipinski definition) is 7. The van der Waals surface area contributed by atoms with E-state index in [2.05, 4.69) is 15.4 Å². The number of aromatic hydroxyl groups is 1. The third kappa shape index (κ3) is 10.4. The van der Waals surface area contributed by atoms with Crippen LogP contribution in [0.5, 0.6) is 5.75 Å². The molecule has 14 heteroatoms. The van der Waals surface area contributed by atoms with E-state index >= 15 is 0 Å². The highest BCUT2D eigenvalue weighted by Crippen LogP contribution is 2.43. The van der Waals surface area contributed by atoms with Gasteiger partial charge in [-0.15, -0.1) is 0 Å². The lowest BCUT2D eigenvalue weighted by Gasteiger charge is -2.32. The lowest BCUT2D eigenvalue weighted by molar-refractivity contribution is -0.145. The van der Waals surface area contributed by atoms with Crippen molar-refractivity contribution in [2.24, 2.45) is 22.8 Å². The zero-order chi connectivity index (χ0) is 29.9. The van der Waals surface area contributed by atoms with Crippen LogP contribution in [0.25, 0.3) is 0 Å². The molecule has 0 aromatic heterocycles. The van der Waals surface area contributed by atoms with Gasteiger partial charge in [-0.25, -0.2) is 13.1 Å². The van der Waals surface area contributed by atoms with Crippen LogP contribution in [0.1, 0.15) is 56.9 Å². The molecule has 3 atom stereocenters. The van der Waals surface area contributed by atoms with E-state index in [0.717, 1.165) is 6.26 Å². The number of carboxylic acids is 1. The summed E-state index contributed by atoms with van der Waals surface area (Å²) < 4.78 is 25.8. The van der Waals surface area contributed by atoms with Crippen LogP contribution in [0.4, 0.5) is 0 Å². The first-order valence-electron chi connectivity index (χ1n) is 13.3. The molecule has 0 heterocycles. The summed E-state index contributed by atoms with van der Waals surface area (Å²) in [5, 5.41) is 24.6. The lowest BCUT2D eigenvalue weighted by atomic mass is 9.76. The predicted molar refractivity (Wildman–Crippen MR) is 147 cm³/mol. The summed E-state index contributed by atoms with van der Waals surface area (Å²) in [5.41, 5.74) is 10.6. The fraction of sp³-hybridized carbons (Fsp3) is 0.615. The number of nitrogens with two attached hydrogens (primary N) is 2. The molecule has 0 unspecified atom stereocenters. The minimum absolute atomic E-state index is 0.0501. The van der Waals surface area contributed by atoms with Crippen LogP contribution >= 0.6 is 0 Å². The van der Waals surface area contributed by atoms with E-state index in [1.54, 1.807) is 12.1 Å². The smallest absolute Gasteiger partial charge is 0.308 e. The van der Waals surface area contributed by atoms with Gasteiger partial charge < -0.3 is 32.3 Å². The Balaban J connectivity index is 2.13. The molecule has 1 aliphatic carbocycles. The van der Waals surface area contributed by atoms with Crippen LogP contribution in [0.2, 0.25) is 0 Å². The van der Waals surface area contributed by atoms with Gasteiger partial charge >= 0.3 is 5.97 Å². The number of carboxylic acid groups (broad SMARTS) is 1. The van der Waals surface area contributed by atoms with Crippen LogP contribution < -0.4 is 26.8 Å². The number of aliphatic carboxylic acids is 1. The van der Waals surface area contributed by atoms with Gasteiger partial charge in [-0.05, 0) is 56.3 Å². The van der Waals surface area contributed by atoms with Gasteiger partial charge in [-0.2, -0.15) is 0 Å². The Hall–Kier alpha value is -3.23. The molecule has 3 amide bonds. The molecule has 9 N–H and O–H groups in total. The molecule has 0 bridgehead atoms. The molecule has 0 spiro atoms. The number of sulfonamides is 1. The monoisotopic (exact) mass is 583 g/mol. The first-order valence-corrected chi connectivity index (χ1v) is 15.2. The van der Waals surface area contributed by atoms with E-state index in [4.69, 9.17) is 11.5 Å². The number of hydrogen-bond acceptors (Lipinski definition) is 8. The van der Waals surface area contributed by atoms with Gasteiger partial charge in [0, 0.05) is 13.0 Å². The fourth-order valence-corrected chi connectivity index (χ4v) is 5.78. The molecule has 2 rings (SSSR count). The summed E-state index contributed by atoms with van der Waals surface area (Å²) in [6.07, 6.45) is 4.38. The van der Waals surface area contributed by atoms with Crippen molar-refractivity contribution in [1.29, 1.82) is 0 Å². The van der Waals surface area contributed by atoms with Crippen molar-refractivity contribution in [2.75, 3.05) is 19.3 Å². The number of unbranched alkanes of at least 4 members (excludes halogenated alkanes) is 1. The van der Waals surface area contributed by atoms with Crippen molar-refractivity contribution in [3.8, 4) is 5.75 Å². The third-order valence-electron chi connectivity index (χ3n) is 7.20. The third-order valence-corrected chi connectivity index (χ3v) is 7.91. The molecule has 224 valence electrons. The molecular weight excluding hydrogens is 542 g/mol. The topological polar surface area (TPSA) is 231 Å². The van der Waals surface area contributed by atoms with Crippen molar-refractivity contribution in [1.82, 2.24) is 15.4 Å². The van der Waals surface area contributed by atoms with E-state index in [0.29, 0.717) is 50.6 Å². The normalized spacial score (nSPS) is 16.9. The summed E-state index contributed by atoms with van der Waals surface area (Å²) in [5.74, 6) is -4.21. The highest BCUT2D eigenvalue weighted by Gasteiger charge is 2.45. The summed E-state index contributed by atoms with van der Waals surface area (Å²) in [4.78, 5) is 50.6. The highest BCUT2D eigenvalue weighted by atomic mass is 32.2. The predicted octanol–water partition coefficient (Wildman–Crippen LogP) is -0.281. The Morgan fingerprint density at radius 3 is 2.20 bits per heavy atom. The van der Waals surface area contributed by atoms with E-state index in [-0.39, 0.29) is 31.6 Å². The molecule has 40 heavy (non-hydrogen) atoms. The summed E-state index contributed by atoms with van der Waals surface area (Å²) >= 11 is 0. The van der Waals surface area contributed by atoms with Gasteiger partial charge in [0.25, 0.3) is 0 Å². The van der Waals surface area contributed by atoms with Crippen molar-refractivity contribution in [3.05, 3.63) is 29.8 Å². The number of phenols is 1. The van der Waals surface area contributed by atoms with Gasteiger partial charge in [-0.3, -0.25) is 19.2 Å². The van der Waals surface area contributed by atoms with Crippen LogP contribution in [0.15, 0.2) is 24.3 Å². The molecular formula is C26H41N5O8S. The second-order valence-corrected chi connectivity index (χ2v) is 12.3. The van der Waals surface area contributed by atoms with Crippen LogP contribution in [0, 0.1) is 11.3 Å². The fourth-order valence-electron chi connectivity index (χ4n) is 5.04. The van der Waals surface area contributed by atoms with Gasteiger partial charge in [0.1, 0.15) is 17.8 Å². The van der Waals surface area contributed by atoms with Crippen LogP contribution in [-0.4, -0.2) is 73.8 Å². The van der Waals surface area contributed by atoms with Crippen molar-refractivity contribution in [2.45, 2.75) is 69.9 Å². The minimum Gasteiger partial charge on any atom is -0.508 e. The molecule has 0 aliphatic heterocycles. The van der Waals surface area contributed by atoms with Crippen LogP contribution in [-0.2, 0) is 35.6 Å². The van der Waals surface area contributed by atoms with Crippen molar-refractivity contribution < 1.29 is 37.8 Å². The van der Waals surface area contributed by atoms with E-state index in [1.807, 2.05) is 0 Å². The maximum absolute atomic E-state index is 13.5. The van der Waals surface area contributed by atoms with E-state index in [1.165, 1.54) is 12.1 Å². The van der Waals surface area contributed by atoms with Gasteiger partial charge in [0.05, 0.1) is 17.6 Å². The number of primary amides is 1. The number of amides is 3. The highest BCUT2D eigenvalue weighted by molar-refractivity contribution is 7.88. The average Bonchev–Trinajstić information content (AvgIpc) is 3.35. The molecule has 0 radical (unpaired) electrons. The number of benzene rings is 1. The van der Waals surface area contributed by atoms with Crippen molar-refractivity contribution >= 4 is 33.7 Å². The Labute approximate surface area is 234 Å². The molecule has 1 aliphatic rings. The lowest BCUT2D eigenvalue weighted by Crippen LogP contribution is -2.52. The number of carbonyl (C=O) groups excluding carboxylic acids is 3. The first kappa shape index (κ1) is 33.0. The summed E-state index contributed by atoms with van der Waals surface area (Å²) in [7, 11) is -3.71. The average molecular weight is 584 g/mol. The molecule has 1 saturated carbocycles. The first-order chi connectivity index (χ1) is 18.8. The molecule has 13 nitrogen and oxygen atoms in total. The number of carbonyl (C=O) groups is 4. The maximum Gasteiger partial charge on any atom is 0.308 e. The number of nitrogens with one attached hydrogen (secondary N) is 3. The minimum atomic E-state index is -3.71. The Bertz CT molecular complexity index is 1140. The standard InChI is InChI=1S/C26H41N5O8S/c1-40(38,39)31-20(6-2-5-13-27)23(34)29-16-18(24(35)36)15-26(11-3-4-12-26)25(37)30-21(22(28)33)14-17-7-9-19(32)10-8-17/h7-10,18,20-21,31-32H,2-6,11-16,27H2,1H3,(H2,28,33)(H,29,34)(H,30,37)(H,35,36)/t18-,20-,21-/m0/s1. The number of rotatable bonds is 17. The second-order valence-electron chi connectivity index (χ2n) is 10.5. The zero-order valence-corrected chi connectivity index (χ0v) is 23.5. The Morgan fingerprint density at radius 1 is 1.05 bits per heavy atom. The summed E-state index contributed by atoms with van der Waals surface area (Å²) in [6.45, 7) is 0.0682. The van der Waals surface area contributed by atoms with Gasteiger partial charge in [0.2, 0.25) is 27.7 Å². The molecule has 1 fully saturated rings. The molecule has 1 aromatic carbocycles. The van der Waals surface area contributed by atoms with E-state index in [9.17, 15) is 37.8 Å². The SMILES string of the molecule is CS(=O)(=O)N[C@@H](CCCCN)C(=O)NC[C@H](CC1(C(=O)N[C@@H](Cc2ccc(O)cc2)C(N)=O)CCCC1)C(=O)O. The zero-order valence-electron chi connectivity index (χ0n) is 22.7. The number of phenolic OH excluding ortho intramolecular Hbond substituents is 1. The Kier molecular flexibility index (Phi) is 12.3. The Morgan fingerprint density at radius 2 is 1.68 bits per heavy atom. The summed E-state index contributed by atoms with van der Waals surface area (Å²) in [6, 6.07) is 3.98. The van der Waals surface area contributed by atoms with Crippen LogP contribution in [0.3, 0.4) is 0 Å². The molecule has 0 saturated heterocycles. The van der Waals surface area contributed by atoms with Gasteiger partial charge in [-0.1, -0.05) is 31.4 Å². The second kappa shape index (κ2) is 15.0. The quantitative estimate of drug-likeness (QED) is 0.119. The van der Waals surface area contributed by atoms with Gasteiger partial charge in [0.15, 0.2) is 0 Å². The van der Waals surface area contributed by atoms with E-state index < -0.39 is 57.1 Å². The maximum atomic E-state index is 13.5. The van der Waals surface area contributed by atoms with Crippen molar-refractivity contribution in [3.63, 3.8) is 0 Å².